The first-order valence-electron chi connectivity index (χ1n) is 9.83. The van der Waals surface area contributed by atoms with E-state index in [4.69, 9.17) is 4.52 Å². The monoisotopic (exact) mass is 571 g/mol. The second-order valence-electron chi connectivity index (χ2n) is 7.20. The summed E-state index contributed by atoms with van der Waals surface area (Å²) >= 11 is 2.18. The Labute approximate surface area is 201 Å². The summed E-state index contributed by atoms with van der Waals surface area (Å²) < 4.78 is 8.98. The van der Waals surface area contributed by atoms with Crippen LogP contribution in [0.15, 0.2) is 4.52 Å². The molecule has 15 heteroatoms. The van der Waals surface area contributed by atoms with Crippen molar-refractivity contribution in [1.29, 1.82) is 0 Å². The van der Waals surface area contributed by atoms with Gasteiger partial charge in [-0.2, -0.15) is 15.2 Å². The predicted molar refractivity (Wildman–Crippen MR) is 122 cm³/mol. The number of aromatic nitrogens is 6. The third kappa shape index (κ3) is 5.52. The van der Waals surface area contributed by atoms with Crippen molar-refractivity contribution >= 4 is 40.1 Å². The van der Waals surface area contributed by atoms with Crippen LogP contribution in [-0.2, 0) is 17.9 Å². The fraction of sp³-hybridized carbons (Fsp3) is 0.444. The molecule has 176 valence electrons. The Morgan fingerprint density at radius 1 is 1.06 bits per heavy atom. The summed E-state index contributed by atoms with van der Waals surface area (Å²) in [7, 11) is 0. The molecule has 0 aromatic carbocycles. The number of carbonyl (C=O) groups is 2. The molecule has 0 bridgehead atoms. The lowest BCUT2D eigenvalue weighted by Gasteiger charge is -2.07. The van der Waals surface area contributed by atoms with Crippen molar-refractivity contribution in [2.24, 2.45) is 0 Å². The van der Waals surface area contributed by atoms with E-state index in [1.54, 1.807) is 11.6 Å². The molecule has 0 atom stereocenters. The van der Waals surface area contributed by atoms with E-state index in [1.807, 2.05) is 13.8 Å². The average Bonchev–Trinajstić information content (AvgIpc) is 3.39. The van der Waals surface area contributed by atoms with Crippen LogP contribution in [0.1, 0.15) is 39.3 Å². The van der Waals surface area contributed by atoms with Gasteiger partial charge in [-0.1, -0.05) is 5.16 Å². The molecule has 14 nitrogen and oxygen atoms in total. The van der Waals surface area contributed by atoms with Crippen LogP contribution in [0.3, 0.4) is 0 Å². The van der Waals surface area contributed by atoms with Gasteiger partial charge in [0, 0.05) is 18.8 Å². The lowest BCUT2D eigenvalue weighted by molar-refractivity contribution is -0.386. The van der Waals surface area contributed by atoms with Gasteiger partial charge in [0.2, 0.25) is 5.91 Å². The Morgan fingerprint density at radius 2 is 1.73 bits per heavy atom. The fourth-order valence-electron chi connectivity index (χ4n) is 3.12. The summed E-state index contributed by atoms with van der Waals surface area (Å²) in [6, 6.07) is 0. The van der Waals surface area contributed by atoms with Crippen LogP contribution < -0.4 is 10.6 Å². The van der Waals surface area contributed by atoms with Gasteiger partial charge in [-0.3, -0.25) is 29.1 Å². The molecule has 0 unspecified atom stereocenters. The van der Waals surface area contributed by atoms with Crippen LogP contribution in [0.25, 0.3) is 0 Å². The summed E-state index contributed by atoms with van der Waals surface area (Å²) in [6.07, 6.45) is 0. The van der Waals surface area contributed by atoms with Gasteiger partial charge in [0.05, 0.1) is 14.2 Å². The fourth-order valence-corrected chi connectivity index (χ4v) is 3.51. The number of nitro groups is 1. The van der Waals surface area contributed by atoms with E-state index in [2.05, 4.69) is 53.6 Å². The molecule has 0 spiro atoms. The molecule has 2 amide bonds. The molecule has 0 aliphatic rings. The van der Waals surface area contributed by atoms with E-state index in [0.717, 1.165) is 15.0 Å². The minimum Gasteiger partial charge on any atom is -0.353 e. The minimum absolute atomic E-state index is 0.0125. The summed E-state index contributed by atoms with van der Waals surface area (Å²) in [5.74, 6) is -0.946. The van der Waals surface area contributed by atoms with Crippen LogP contribution in [0.2, 0.25) is 0 Å². The number of hydrogen-bond acceptors (Lipinski definition) is 9. The highest BCUT2D eigenvalue weighted by molar-refractivity contribution is 14.1. The van der Waals surface area contributed by atoms with Gasteiger partial charge in [-0.15, -0.1) is 0 Å². The normalized spacial score (nSPS) is 10.9. The van der Waals surface area contributed by atoms with Gasteiger partial charge in [-0.05, 0) is 50.3 Å². The van der Waals surface area contributed by atoms with Gasteiger partial charge >= 0.3 is 17.5 Å². The molecular formula is C18H22IN9O5. The second-order valence-corrected chi connectivity index (χ2v) is 8.28. The zero-order valence-corrected chi connectivity index (χ0v) is 20.5. The van der Waals surface area contributed by atoms with Crippen molar-refractivity contribution in [3.05, 3.63) is 48.2 Å². The number of hydrogen-bond donors (Lipinski definition) is 2. The van der Waals surface area contributed by atoms with Gasteiger partial charge < -0.3 is 15.2 Å². The Morgan fingerprint density at radius 3 is 2.33 bits per heavy atom. The Balaban J connectivity index is 1.47. The van der Waals surface area contributed by atoms with Crippen molar-refractivity contribution in [1.82, 2.24) is 40.3 Å². The van der Waals surface area contributed by atoms with Gasteiger partial charge in [-0.25, -0.2) is 0 Å². The molecule has 0 radical (unpaired) electrons. The van der Waals surface area contributed by atoms with E-state index >= 15 is 0 Å². The Kier molecular flexibility index (Phi) is 7.39. The van der Waals surface area contributed by atoms with Gasteiger partial charge in [0.1, 0.15) is 24.5 Å². The van der Waals surface area contributed by atoms with Crippen LogP contribution in [0.4, 0.5) is 5.69 Å². The molecule has 3 aromatic rings. The molecule has 3 heterocycles. The topological polar surface area (TPSA) is 176 Å². The SMILES string of the molecule is Cc1nn(CC(=O)NCCNC(=O)c2nc(Cn3nc(C)c([N+](=O)[O-])c3C)no2)c(C)c1I. The molecular weight excluding hydrogens is 549 g/mol. The maximum absolute atomic E-state index is 12.2. The highest BCUT2D eigenvalue weighted by atomic mass is 127. The van der Waals surface area contributed by atoms with E-state index in [-0.39, 0.29) is 55.2 Å². The average molecular weight is 571 g/mol. The Hall–Kier alpha value is -3.37. The van der Waals surface area contributed by atoms with E-state index in [1.165, 1.54) is 11.6 Å². The highest BCUT2D eigenvalue weighted by Crippen LogP contribution is 2.22. The smallest absolute Gasteiger partial charge is 0.316 e. The number of amides is 2. The Bertz CT molecular complexity index is 1210. The number of carbonyl (C=O) groups excluding carboxylic acids is 2. The largest absolute Gasteiger partial charge is 0.353 e. The maximum atomic E-state index is 12.2. The maximum Gasteiger partial charge on any atom is 0.316 e. The quantitative estimate of drug-likeness (QED) is 0.163. The molecule has 2 N–H and O–H groups in total. The van der Waals surface area contributed by atoms with Crippen molar-refractivity contribution in [2.75, 3.05) is 13.1 Å². The first-order chi connectivity index (χ1) is 15.6. The van der Waals surface area contributed by atoms with Crippen molar-refractivity contribution in [3.63, 3.8) is 0 Å². The van der Waals surface area contributed by atoms with Crippen LogP contribution >= 0.6 is 22.6 Å². The van der Waals surface area contributed by atoms with Crippen molar-refractivity contribution in [3.8, 4) is 0 Å². The third-order valence-corrected chi connectivity index (χ3v) is 6.36. The summed E-state index contributed by atoms with van der Waals surface area (Å²) in [5, 5.41) is 28.5. The van der Waals surface area contributed by atoms with E-state index in [9.17, 15) is 19.7 Å². The molecule has 0 saturated carbocycles. The predicted octanol–water partition coefficient (Wildman–Crippen LogP) is 0.804. The summed E-state index contributed by atoms with van der Waals surface area (Å²) in [5.41, 5.74) is 2.32. The first kappa shape index (κ1) is 24.3. The van der Waals surface area contributed by atoms with Crippen LogP contribution in [0, 0.1) is 41.4 Å². The van der Waals surface area contributed by atoms with Crippen molar-refractivity contribution in [2.45, 2.75) is 40.8 Å². The molecule has 3 rings (SSSR count). The molecule has 0 fully saturated rings. The number of rotatable bonds is 9. The van der Waals surface area contributed by atoms with E-state index < -0.39 is 10.8 Å². The lowest BCUT2D eigenvalue weighted by Crippen LogP contribution is -2.36. The number of aryl methyl sites for hydroxylation is 2. The molecule has 0 saturated heterocycles. The number of nitrogens with zero attached hydrogens (tertiary/aromatic N) is 7. The first-order valence-corrected chi connectivity index (χ1v) is 10.9. The number of halogens is 1. The minimum atomic E-state index is -0.601. The standard InChI is InChI=1S/C18H22IN9O5/c1-9-15(19)11(3)27(23-9)8-14(29)20-5-6-21-17(30)18-22-13(25-33-18)7-26-12(4)16(28(31)32)10(2)24-26/h5-8H2,1-4H3,(H,20,29)(H,21,30). The molecule has 0 aliphatic carbocycles. The zero-order valence-electron chi connectivity index (χ0n) is 18.4. The second kappa shape index (κ2) is 10.1. The zero-order chi connectivity index (χ0) is 24.3. The van der Waals surface area contributed by atoms with Gasteiger partial charge in [0.15, 0.2) is 5.82 Å². The van der Waals surface area contributed by atoms with Gasteiger partial charge in [0.25, 0.3) is 0 Å². The highest BCUT2D eigenvalue weighted by Gasteiger charge is 2.23. The summed E-state index contributed by atoms with van der Waals surface area (Å²) in [4.78, 5) is 38.9. The number of nitrogens with one attached hydrogen (secondary N) is 2. The lowest BCUT2D eigenvalue weighted by atomic mass is 10.3. The third-order valence-electron chi connectivity index (χ3n) is 4.80. The van der Waals surface area contributed by atoms with E-state index in [0.29, 0.717) is 5.69 Å². The molecule has 0 aliphatic heterocycles. The molecule has 3 aromatic heterocycles. The molecule has 33 heavy (non-hydrogen) atoms. The summed E-state index contributed by atoms with van der Waals surface area (Å²) in [6.45, 7) is 7.33. The van der Waals surface area contributed by atoms with Crippen molar-refractivity contribution < 1.29 is 19.0 Å². The van der Waals surface area contributed by atoms with Crippen LogP contribution in [-0.4, -0.2) is 59.5 Å². The van der Waals surface area contributed by atoms with Crippen LogP contribution in [0.5, 0.6) is 0 Å².